The first-order valence-corrected chi connectivity index (χ1v) is 5.63. The van der Waals surface area contributed by atoms with Crippen molar-refractivity contribution in [1.29, 1.82) is 5.41 Å². The van der Waals surface area contributed by atoms with Crippen LogP contribution in [0.3, 0.4) is 0 Å². The number of amides is 4. The summed E-state index contributed by atoms with van der Waals surface area (Å²) in [6.07, 6.45) is 0. The van der Waals surface area contributed by atoms with E-state index in [4.69, 9.17) is 5.41 Å². The quantitative estimate of drug-likeness (QED) is 0.491. The maximum atomic E-state index is 11.9. The van der Waals surface area contributed by atoms with Gasteiger partial charge in [0.05, 0.1) is 7.11 Å². The second kappa shape index (κ2) is 6.23. The molecule has 4 amide bonds. The van der Waals surface area contributed by atoms with Crippen LogP contribution in [0.4, 0.5) is 9.59 Å². The monoisotopic (exact) mass is 258 g/mol. The molecule has 0 unspecified atom stereocenters. The van der Waals surface area contributed by atoms with Crippen LogP contribution in [0, 0.1) is 5.41 Å². The lowest BCUT2D eigenvalue weighted by molar-refractivity contribution is 0.187. The predicted molar refractivity (Wildman–Crippen MR) is 68.5 cm³/mol. The molecule has 0 rings (SSSR count). The summed E-state index contributed by atoms with van der Waals surface area (Å²) in [6.45, 7) is 8.85. The number of methoxy groups -OCH3 is 1. The summed E-state index contributed by atoms with van der Waals surface area (Å²) in [6, 6.07) is -2.08. The number of hydrogen-bond donors (Lipinski definition) is 3. The van der Waals surface area contributed by atoms with Crippen molar-refractivity contribution in [2.24, 2.45) is 0 Å². The third-order valence-corrected chi connectivity index (χ3v) is 1.70. The van der Waals surface area contributed by atoms with Gasteiger partial charge in [0, 0.05) is 11.6 Å². The Bertz CT molecular complexity index is 334. The zero-order chi connectivity index (χ0) is 14.5. The van der Waals surface area contributed by atoms with Crippen LogP contribution in [0.2, 0.25) is 0 Å². The van der Waals surface area contributed by atoms with Gasteiger partial charge in [0.25, 0.3) is 0 Å². The van der Waals surface area contributed by atoms with Crippen LogP contribution in [0.5, 0.6) is 0 Å². The van der Waals surface area contributed by atoms with E-state index in [1.165, 1.54) is 7.11 Å². The van der Waals surface area contributed by atoms with Crippen LogP contribution < -0.4 is 10.6 Å². The van der Waals surface area contributed by atoms with Crippen LogP contribution in [0.1, 0.15) is 34.6 Å². The van der Waals surface area contributed by atoms with Gasteiger partial charge < -0.3 is 15.4 Å². The fraction of sp³-hybridized carbons (Fsp3) is 0.727. The molecule has 0 heterocycles. The number of rotatable bonds is 1. The minimum Gasteiger partial charge on any atom is -0.468 e. The first-order chi connectivity index (χ1) is 8.08. The van der Waals surface area contributed by atoms with Gasteiger partial charge in [0.2, 0.25) is 0 Å². The highest BCUT2D eigenvalue weighted by atomic mass is 16.5. The maximum Gasteiger partial charge on any atom is 0.334 e. The highest BCUT2D eigenvalue weighted by Crippen LogP contribution is 2.03. The topological polar surface area (TPSA) is 94.5 Å². The standard InChI is InChI=1S/C11H22N4O3/c1-7(2)13-9(16)15(8(12)18-6)10(17)14-11(3,4)5/h7,12H,1-6H3,(H,13,16)(H,14,17). The van der Waals surface area contributed by atoms with Crippen LogP contribution in [0.15, 0.2) is 0 Å². The molecule has 0 aliphatic rings. The highest BCUT2D eigenvalue weighted by molar-refractivity contribution is 6.08. The van der Waals surface area contributed by atoms with Gasteiger partial charge in [-0.1, -0.05) is 0 Å². The molecule has 0 saturated heterocycles. The summed E-state index contributed by atoms with van der Waals surface area (Å²) in [5.74, 6) is 0. The molecule has 0 atom stereocenters. The summed E-state index contributed by atoms with van der Waals surface area (Å²) in [7, 11) is 1.22. The Morgan fingerprint density at radius 1 is 1.22 bits per heavy atom. The van der Waals surface area contributed by atoms with Gasteiger partial charge >= 0.3 is 18.1 Å². The van der Waals surface area contributed by atoms with E-state index in [0.29, 0.717) is 4.90 Å². The summed E-state index contributed by atoms with van der Waals surface area (Å²) in [5.41, 5.74) is -0.512. The van der Waals surface area contributed by atoms with E-state index < -0.39 is 23.6 Å². The Morgan fingerprint density at radius 3 is 2.06 bits per heavy atom. The molecule has 0 aliphatic heterocycles. The van der Waals surface area contributed by atoms with Crippen molar-refractivity contribution in [3.8, 4) is 0 Å². The van der Waals surface area contributed by atoms with Gasteiger partial charge in [0.15, 0.2) is 0 Å². The third-order valence-electron chi connectivity index (χ3n) is 1.70. The van der Waals surface area contributed by atoms with Crippen LogP contribution >= 0.6 is 0 Å². The number of ether oxygens (including phenoxy) is 1. The first kappa shape index (κ1) is 16.2. The minimum absolute atomic E-state index is 0.146. The second-order valence-corrected chi connectivity index (χ2v) is 5.13. The lowest BCUT2D eigenvalue weighted by Crippen LogP contribution is -2.56. The predicted octanol–water partition coefficient (Wildman–Crippen LogP) is 1.50. The molecule has 0 aromatic carbocycles. The summed E-state index contributed by atoms with van der Waals surface area (Å²) < 4.78 is 4.64. The molecule has 0 saturated carbocycles. The van der Waals surface area contributed by atoms with E-state index >= 15 is 0 Å². The van der Waals surface area contributed by atoms with Gasteiger partial charge in [0.1, 0.15) is 0 Å². The van der Waals surface area contributed by atoms with Gasteiger partial charge in [-0.25, -0.2) is 9.59 Å². The normalized spacial score (nSPS) is 10.8. The Labute approximate surface area is 107 Å². The second-order valence-electron chi connectivity index (χ2n) is 5.13. The summed E-state index contributed by atoms with van der Waals surface area (Å²) in [5, 5.41) is 12.6. The number of carbonyl (C=O) groups is 2. The van der Waals surface area contributed by atoms with Crippen molar-refractivity contribution in [3.05, 3.63) is 0 Å². The van der Waals surface area contributed by atoms with Crippen molar-refractivity contribution in [2.45, 2.75) is 46.2 Å². The lowest BCUT2D eigenvalue weighted by atomic mass is 10.1. The third kappa shape index (κ3) is 5.51. The van der Waals surface area contributed by atoms with Crippen molar-refractivity contribution >= 4 is 18.1 Å². The Hall–Kier alpha value is -1.79. The molecule has 104 valence electrons. The average molecular weight is 258 g/mol. The largest absolute Gasteiger partial charge is 0.468 e. The van der Waals surface area contributed by atoms with E-state index in [2.05, 4.69) is 15.4 Å². The van der Waals surface area contributed by atoms with E-state index in [1.807, 2.05) is 0 Å². The zero-order valence-corrected chi connectivity index (χ0v) is 11.7. The molecule has 3 N–H and O–H groups in total. The molecule has 0 fully saturated rings. The van der Waals surface area contributed by atoms with Crippen molar-refractivity contribution in [3.63, 3.8) is 0 Å². The average Bonchev–Trinajstić information content (AvgIpc) is 2.13. The Morgan fingerprint density at radius 2 is 1.72 bits per heavy atom. The molecule has 0 radical (unpaired) electrons. The smallest absolute Gasteiger partial charge is 0.334 e. The fourth-order valence-electron chi connectivity index (χ4n) is 1.06. The van der Waals surface area contributed by atoms with Crippen LogP contribution in [0.25, 0.3) is 0 Å². The number of amidine groups is 1. The molecular weight excluding hydrogens is 236 g/mol. The number of nitrogens with zero attached hydrogens (tertiary/aromatic N) is 1. The molecule has 0 aromatic rings. The lowest BCUT2D eigenvalue weighted by Gasteiger charge is -2.27. The molecule has 0 spiro atoms. The Balaban J connectivity index is 4.95. The van der Waals surface area contributed by atoms with E-state index in [1.54, 1.807) is 34.6 Å². The number of hydrogen-bond acceptors (Lipinski definition) is 4. The zero-order valence-electron chi connectivity index (χ0n) is 11.7. The molecule has 0 bridgehead atoms. The van der Waals surface area contributed by atoms with E-state index in [9.17, 15) is 9.59 Å². The minimum atomic E-state index is -0.701. The number of imide groups is 1. The number of carbonyl (C=O) groups excluding carboxylic acids is 2. The number of nitrogens with one attached hydrogen (secondary N) is 3. The highest BCUT2D eigenvalue weighted by Gasteiger charge is 2.29. The number of urea groups is 2. The summed E-state index contributed by atoms with van der Waals surface area (Å²) in [4.78, 5) is 24.3. The molecule has 0 aliphatic carbocycles. The van der Waals surface area contributed by atoms with Gasteiger partial charge in [-0.15, -0.1) is 0 Å². The van der Waals surface area contributed by atoms with Crippen molar-refractivity contribution in [2.75, 3.05) is 7.11 Å². The first-order valence-electron chi connectivity index (χ1n) is 5.63. The molecule has 0 aromatic heterocycles. The van der Waals surface area contributed by atoms with E-state index in [0.717, 1.165) is 0 Å². The fourth-order valence-corrected chi connectivity index (χ4v) is 1.06. The van der Waals surface area contributed by atoms with Gasteiger partial charge in [-0.2, -0.15) is 4.90 Å². The SMILES string of the molecule is COC(=N)N(C(=O)NC(C)C)C(=O)NC(C)(C)C. The molecular formula is C11H22N4O3. The maximum absolute atomic E-state index is 11.9. The molecule has 18 heavy (non-hydrogen) atoms. The van der Waals surface area contributed by atoms with Crippen LogP contribution in [-0.4, -0.2) is 41.7 Å². The van der Waals surface area contributed by atoms with E-state index in [-0.39, 0.29) is 6.04 Å². The molecule has 7 heteroatoms. The van der Waals surface area contributed by atoms with Gasteiger partial charge in [-0.05, 0) is 34.6 Å². The van der Waals surface area contributed by atoms with Gasteiger partial charge in [-0.3, -0.25) is 5.41 Å². The Kier molecular flexibility index (Phi) is 5.61. The summed E-state index contributed by atoms with van der Waals surface area (Å²) >= 11 is 0. The molecule has 7 nitrogen and oxygen atoms in total. The van der Waals surface area contributed by atoms with Crippen molar-refractivity contribution < 1.29 is 14.3 Å². The van der Waals surface area contributed by atoms with Crippen molar-refractivity contribution in [1.82, 2.24) is 15.5 Å². The van der Waals surface area contributed by atoms with Crippen LogP contribution in [-0.2, 0) is 4.74 Å².